The molecule has 0 saturated carbocycles. The highest BCUT2D eigenvalue weighted by molar-refractivity contribution is 6.31. The molecule has 0 fully saturated rings. The third-order valence-electron chi connectivity index (χ3n) is 2.85. The number of benzene rings is 1. The van der Waals surface area contributed by atoms with E-state index in [1.165, 1.54) is 10.9 Å². The van der Waals surface area contributed by atoms with Crippen LogP contribution in [0.1, 0.15) is 12.5 Å². The van der Waals surface area contributed by atoms with Crippen molar-refractivity contribution in [1.82, 2.24) is 10.3 Å². The molecule has 3 N–H and O–H groups in total. The Labute approximate surface area is 106 Å². The molecule has 1 atom stereocenters. The van der Waals surface area contributed by atoms with Gasteiger partial charge in [-0.2, -0.15) is 0 Å². The zero-order chi connectivity index (χ0) is 12.3. The van der Waals surface area contributed by atoms with Crippen molar-refractivity contribution in [2.45, 2.75) is 13.5 Å². The van der Waals surface area contributed by atoms with Crippen LogP contribution < -0.4 is 5.32 Å². The van der Waals surface area contributed by atoms with Crippen molar-refractivity contribution >= 4 is 22.5 Å². The predicted octanol–water partition coefficient (Wildman–Crippen LogP) is 2.54. The number of hydrogen-bond donors (Lipinski definition) is 3. The molecule has 0 amide bonds. The molecule has 0 spiro atoms. The van der Waals surface area contributed by atoms with Crippen molar-refractivity contribution in [2.75, 3.05) is 13.2 Å². The summed E-state index contributed by atoms with van der Waals surface area (Å²) in [6, 6.07) is 5.86. The molecular formula is C13H17ClN2O. The fraction of sp³-hybridized carbons (Fsp3) is 0.385. The van der Waals surface area contributed by atoms with Gasteiger partial charge in [-0.05, 0) is 23.6 Å². The van der Waals surface area contributed by atoms with Crippen LogP contribution in [0.15, 0.2) is 24.4 Å². The van der Waals surface area contributed by atoms with Crippen LogP contribution in [0.2, 0.25) is 5.02 Å². The fourth-order valence-electron chi connectivity index (χ4n) is 1.82. The van der Waals surface area contributed by atoms with Crippen LogP contribution in [0.25, 0.3) is 10.9 Å². The second-order valence-corrected chi connectivity index (χ2v) is 4.86. The number of aliphatic hydroxyl groups excluding tert-OH is 1. The molecule has 0 bridgehead atoms. The SMILES string of the molecule is CC(CO)CNCc1c[nH]c2cc(Cl)ccc12. The Morgan fingerprint density at radius 2 is 2.29 bits per heavy atom. The zero-order valence-electron chi connectivity index (χ0n) is 9.83. The topological polar surface area (TPSA) is 48.0 Å². The Morgan fingerprint density at radius 3 is 3.06 bits per heavy atom. The third kappa shape index (κ3) is 3.00. The van der Waals surface area contributed by atoms with Gasteiger partial charge in [0.2, 0.25) is 0 Å². The van der Waals surface area contributed by atoms with E-state index < -0.39 is 0 Å². The Bertz CT molecular complexity index is 495. The maximum absolute atomic E-state index is 8.93. The minimum atomic E-state index is 0.219. The first-order valence-electron chi connectivity index (χ1n) is 5.78. The lowest BCUT2D eigenvalue weighted by molar-refractivity contribution is 0.233. The van der Waals surface area contributed by atoms with Crippen molar-refractivity contribution in [3.8, 4) is 0 Å². The first kappa shape index (κ1) is 12.4. The Kier molecular flexibility index (Phi) is 4.05. The standard InChI is InChI=1S/C13H17ClN2O/c1-9(8-17)5-15-6-10-7-16-13-4-11(14)2-3-12(10)13/h2-4,7,9,15-17H,5-6,8H2,1H3. The van der Waals surface area contributed by atoms with E-state index >= 15 is 0 Å². The lowest BCUT2D eigenvalue weighted by atomic mass is 10.1. The molecule has 3 nitrogen and oxygen atoms in total. The first-order chi connectivity index (χ1) is 8.20. The van der Waals surface area contributed by atoms with Crippen LogP contribution >= 0.6 is 11.6 Å². The van der Waals surface area contributed by atoms with E-state index in [1.54, 1.807) is 0 Å². The van der Waals surface area contributed by atoms with Crippen LogP contribution in [0.3, 0.4) is 0 Å². The molecule has 17 heavy (non-hydrogen) atoms. The van der Waals surface area contributed by atoms with Crippen LogP contribution in [0.5, 0.6) is 0 Å². The number of aromatic amines is 1. The van der Waals surface area contributed by atoms with E-state index in [0.717, 1.165) is 23.6 Å². The highest BCUT2D eigenvalue weighted by Crippen LogP contribution is 2.21. The Balaban J connectivity index is 2.04. The number of aliphatic hydroxyl groups is 1. The van der Waals surface area contributed by atoms with Crippen LogP contribution in [0.4, 0.5) is 0 Å². The molecule has 0 aliphatic rings. The molecule has 92 valence electrons. The fourth-order valence-corrected chi connectivity index (χ4v) is 1.99. The average molecular weight is 253 g/mol. The molecule has 0 aliphatic carbocycles. The van der Waals surface area contributed by atoms with E-state index in [4.69, 9.17) is 16.7 Å². The highest BCUT2D eigenvalue weighted by atomic mass is 35.5. The zero-order valence-corrected chi connectivity index (χ0v) is 10.6. The van der Waals surface area contributed by atoms with Crippen LogP contribution in [-0.2, 0) is 6.54 Å². The molecule has 1 aromatic heterocycles. The number of rotatable bonds is 5. The van der Waals surface area contributed by atoms with Gasteiger partial charge >= 0.3 is 0 Å². The van der Waals surface area contributed by atoms with Gasteiger partial charge in [-0.1, -0.05) is 24.6 Å². The monoisotopic (exact) mass is 252 g/mol. The summed E-state index contributed by atoms with van der Waals surface area (Å²) in [6.45, 7) is 3.85. The Morgan fingerprint density at radius 1 is 1.47 bits per heavy atom. The van der Waals surface area contributed by atoms with Crippen molar-refractivity contribution in [3.63, 3.8) is 0 Å². The van der Waals surface area contributed by atoms with E-state index in [9.17, 15) is 0 Å². The summed E-state index contributed by atoms with van der Waals surface area (Å²) in [5.74, 6) is 0.287. The summed E-state index contributed by atoms with van der Waals surface area (Å²) >= 11 is 5.93. The molecule has 0 radical (unpaired) electrons. The number of nitrogens with one attached hydrogen (secondary N) is 2. The quantitative estimate of drug-likeness (QED) is 0.766. The van der Waals surface area contributed by atoms with Gasteiger partial charge in [0.15, 0.2) is 0 Å². The van der Waals surface area contributed by atoms with Gasteiger partial charge in [-0.15, -0.1) is 0 Å². The summed E-state index contributed by atoms with van der Waals surface area (Å²) in [6.07, 6.45) is 2.00. The van der Waals surface area contributed by atoms with Crippen molar-refractivity contribution in [3.05, 3.63) is 35.0 Å². The van der Waals surface area contributed by atoms with Gasteiger partial charge in [-0.3, -0.25) is 0 Å². The lowest BCUT2D eigenvalue weighted by Gasteiger charge is -2.08. The molecule has 0 saturated heterocycles. The molecule has 1 unspecified atom stereocenters. The minimum Gasteiger partial charge on any atom is -0.396 e. The lowest BCUT2D eigenvalue weighted by Crippen LogP contribution is -2.22. The number of aromatic nitrogens is 1. The van der Waals surface area contributed by atoms with Gasteiger partial charge in [0.05, 0.1) is 0 Å². The van der Waals surface area contributed by atoms with Gasteiger partial charge in [0.1, 0.15) is 0 Å². The average Bonchev–Trinajstić information content (AvgIpc) is 2.71. The summed E-state index contributed by atoms with van der Waals surface area (Å²) in [5.41, 5.74) is 2.28. The van der Waals surface area contributed by atoms with Crippen molar-refractivity contribution in [2.24, 2.45) is 5.92 Å². The number of halogens is 1. The van der Waals surface area contributed by atoms with E-state index in [-0.39, 0.29) is 12.5 Å². The molecule has 1 aromatic carbocycles. The number of hydrogen-bond acceptors (Lipinski definition) is 2. The summed E-state index contributed by atoms with van der Waals surface area (Å²) in [4.78, 5) is 3.21. The number of fused-ring (bicyclic) bond motifs is 1. The van der Waals surface area contributed by atoms with Crippen LogP contribution in [0, 0.1) is 5.92 Å². The predicted molar refractivity (Wildman–Crippen MR) is 71.3 cm³/mol. The minimum absolute atomic E-state index is 0.219. The first-order valence-corrected chi connectivity index (χ1v) is 6.15. The molecule has 0 aliphatic heterocycles. The van der Waals surface area contributed by atoms with Gasteiger partial charge in [0, 0.05) is 41.8 Å². The van der Waals surface area contributed by atoms with E-state index in [0.29, 0.717) is 0 Å². The molecular weight excluding hydrogens is 236 g/mol. The summed E-state index contributed by atoms with van der Waals surface area (Å²) in [5, 5.41) is 14.2. The normalized spacial score (nSPS) is 13.1. The van der Waals surface area contributed by atoms with E-state index in [2.05, 4.69) is 10.3 Å². The van der Waals surface area contributed by atoms with Gasteiger partial charge in [-0.25, -0.2) is 0 Å². The smallest absolute Gasteiger partial charge is 0.0472 e. The maximum atomic E-state index is 8.93. The maximum Gasteiger partial charge on any atom is 0.0472 e. The van der Waals surface area contributed by atoms with Gasteiger partial charge in [0.25, 0.3) is 0 Å². The third-order valence-corrected chi connectivity index (χ3v) is 3.08. The molecule has 4 heteroatoms. The van der Waals surface area contributed by atoms with Crippen molar-refractivity contribution < 1.29 is 5.11 Å². The molecule has 2 aromatic rings. The summed E-state index contributed by atoms with van der Waals surface area (Å²) < 4.78 is 0. The second kappa shape index (κ2) is 5.54. The van der Waals surface area contributed by atoms with Gasteiger partial charge < -0.3 is 15.4 Å². The molecule has 2 rings (SSSR count). The highest BCUT2D eigenvalue weighted by Gasteiger charge is 2.04. The second-order valence-electron chi connectivity index (χ2n) is 4.42. The molecule has 1 heterocycles. The van der Waals surface area contributed by atoms with Crippen LogP contribution in [-0.4, -0.2) is 23.2 Å². The largest absolute Gasteiger partial charge is 0.396 e. The van der Waals surface area contributed by atoms with E-state index in [1.807, 2.05) is 31.3 Å². The number of H-pyrrole nitrogens is 1. The Hall–Kier alpha value is -1.03. The van der Waals surface area contributed by atoms with Crippen molar-refractivity contribution in [1.29, 1.82) is 0 Å². The summed E-state index contributed by atoms with van der Waals surface area (Å²) in [7, 11) is 0.